The van der Waals surface area contributed by atoms with Crippen molar-refractivity contribution in [3.05, 3.63) is 63.9 Å². The van der Waals surface area contributed by atoms with Gasteiger partial charge in [0.05, 0.1) is 18.7 Å². The number of ketones is 1. The molecule has 4 rings (SSSR count). The summed E-state index contributed by atoms with van der Waals surface area (Å²) in [5.41, 5.74) is 1.75. The number of benzene rings is 2. The first kappa shape index (κ1) is 18.0. The van der Waals surface area contributed by atoms with Crippen LogP contribution in [-0.4, -0.2) is 43.9 Å². The molecule has 2 aromatic carbocycles. The maximum absolute atomic E-state index is 12.8. The van der Waals surface area contributed by atoms with Gasteiger partial charge >= 0.3 is 0 Å². The molecule has 0 aromatic heterocycles. The van der Waals surface area contributed by atoms with Gasteiger partial charge in [-0.15, -0.1) is 0 Å². The minimum atomic E-state index is -0.209. The van der Waals surface area contributed by atoms with Crippen molar-refractivity contribution in [1.29, 1.82) is 0 Å². The molecule has 0 atom stereocenters. The summed E-state index contributed by atoms with van der Waals surface area (Å²) in [6, 6.07) is 10.3. The monoisotopic (exact) mass is 384 g/mol. The first-order chi connectivity index (χ1) is 13.0. The summed E-state index contributed by atoms with van der Waals surface area (Å²) in [5, 5.41) is 13.0. The van der Waals surface area contributed by atoms with E-state index in [-0.39, 0.29) is 17.3 Å². The SMILES string of the molecule is CN1CC[NH+](Cc2c([O-])ccc3c2O/C(=C\c2ccccc2Cl)C3=O)CC1. The normalized spacial score (nSPS) is 19.3. The molecule has 0 saturated carbocycles. The van der Waals surface area contributed by atoms with E-state index in [2.05, 4.69) is 11.9 Å². The summed E-state index contributed by atoms with van der Waals surface area (Å²) in [6.07, 6.45) is 1.64. The number of nitrogens with one attached hydrogen (secondary N) is 1. The molecule has 1 N–H and O–H groups in total. The van der Waals surface area contributed by atoms with Crippen LogP contribution in [0.25, 0.3) is 6.08 Å². The maximum atomic E-state index is 12.8. The number of Topliss-reactive ketones (excluding diaryl/α,β-unsaturated/α-hetero) is 1. The number of hydrogen-bond acceptors (Lipinski definition) is 4. The van der Waals surface area contributed by atoms with Gasteiger partial charge in [0.15, 0.2) is 5.76 Å². The van der Waals surface area contributed by atoms with Gasteiger partial charge in [-0.3, -0.25) is 9.69 Å². The molecule has 2 heterocycles. The van der Waals surface area contributed by atoms with Crippen LogP contribution < -0.4 is 14.7 Å². The lowest BCUT2D eigenvalue weighted by Crippen LogP contribution is -3.13. The van der Waals surface area contributed by atoms with Gasteiger partial charge in [0.25, 0.3) is 0 Å². The third-order valence-corrected chi connectivity index (χ3v) is 5.55. The van der Waals surface area contributed by atoms with E-state index in [9.17, 15) is 9.90 Å². The molecule has 0 unspecified atom stereocenters. The minimum absolute atomic E-state index is 0.0769. The number of nitrogens with zero attached hydrogens (tertiary/aromatic N) is 1. The lowest BCUT2D eigenvalue weighted by molar-refractivity contribution is -0.918. The topological polar surface area (TPSA) is 57.0 Å². The number of rotatable bonds is 3. The molecule has 6 heteroatoms. The summed E-state index contributed by atoms with van der Waals surface area (Å²) >= 11 is 6.19. The lowest BCUT2D eigenvalue weighted by atomic mass is 10.0. The Balaban J connectivity index is 1.64. The first-order valence-electron chi connectivity index (χ1n) is 9.06. The van der Waals surface area contributed by atoms with Crippen molar-refractivity contribution < 1.29 is 19.5 Å². The summed E-state index contributed by atoms with van der Waals surface area (Å²) < 4.78 is 5.88. The van der Waals surface area contributed by atoms with Gasteiger partial charge in [0.2, 0.25) is 5.78 Å². The van der Waals surface area contributed by atoms with E-state index < -0.39 is 0 Å². The molecule has 2 aliphatic rings. The zero-order valence-corrected chi connectivity index (χ0v) is 15.9. The van der Waals surface area contributed by atoms with Crippen LogP contribution in [-0.2, 0) is 6.54 Å². The van der Waals surface area contributed by atoms with Crippen LogP contribution in [0.4, 0.5) is 0 Å². The van der Waals surface area contributed by atoms with E-state index in [0.717, 1.165) is 26.2 Å². The van der Waals surface area contributed by atoms with Gasteiger partial charge in [-0.25, -0.2) is 0 Å². The van der Waals surface area contributed by atoms with Gasteiger partial charge in [-0.1, -0.05) is 41.6 Å². The highest BCUT2D eigenvalue weighted by Crippen LogP contribution is 2.38. The van der Waals surface area contributed by atoms with Crippen molar-refractivity contribution in [2.75, 3.05) is 33.2 Å². The van der Waals surface area contributed by atoms with Crippen molar-refractivity contribution >= 4 is 23.5 Å². The van der Waals surface area contributed by atoms with E-state index >= 15 is 0 Å². The Kier molecular flexibility index (Phi) is 4.91. The quantitative estimate of drug-likeness (QED) is 0.812. The zero-order chi connectivity index (χ0) is 19.0. The van der Waals surface area contributed by atoms with Gasteiger partial charge < -0.3 is 14.7 Å². The molecular formula is C21H21ClN2O3. The van der Waals surface area contributed by atoms with Gasteiger partial charge in [-0.2, -0.15) is 0 Å². The number of carbonyl (C=O) groups is 1. The van der Waals surface area contributed by atoms with Crippen LogP contribution in [0.2, 0.25) is 5.02 Å². The van der Waals surface area contributed by atoms with Crippen LogP contribution in [0.5, 0.6) is 11.5 Å². The summed E-state index contributed by atoms with van der Waals surface area (Å²) in [6.45, 7) is 4.50. The van der Waals surface area contributed by atoms with Crippen molar-refractivity contribution in [3.63, 3.8) is 0 Å². The van der Waals surface area contributed by atoms with E-state index in [1.54, 1.807) is 18.2 Å². The number of piperazine rings is 1. The zero-order valence-electron chi connectivity index (χ0n) is 15.1. The second-order valence-corrected chi connectivity index (χ2v) is 7.52. The number of carbonyl (C=O) groups excluding carboxylic acids is 1. The highest BCUT2D eigenvalue weighted by molar-refractivity contribution is 6.32. The van der Waals surface area contributed by atoms with Gasteiger partial charge in [0.1, 0.15) is 12.3 Å². The van der Waals surface area contributed by atoms with E-state index in [0.29, 0.717) is 34.0 Å². The lowest BCUT2D eigenvalue weighted by Gasteiger charge is -2.30. The second kappa shape index (κ2) is 7.35. The molecule has 0 bridgehead atoms. The fourth-order valence-corrected chi connectivity index (χ4v) is 3.74. The Morgan fingerprint density at radius 1 is 1.22 bits per heavy atom. The van der Waals surface area contributed by atoms with Gasteiger partial charge in [0, 0.05) is 23.7 Å². The molecule has 5 nitrogen and oxygen atoms in total. The number of fused-ring (bicyclic) bond motifs is 1. The predicted molar refractivity (Wildman–Crippen MR) is 102 cm³/mol. The highest BCUT2D eigenvalue weighted by atomic mass is 35.5. The molecule has 2 aromatic rings. The Morgan fingerprint density at radius 3 is 2.70 bits per heavy atom. The van der Waals surface area contributed by atoms with Gasteiger partial charge in [-0.05, 0) is 30.8 Å². The third kappa shape index (κ3) is 3.58. The molecule has 0 radical (unpaired) electrons. The largest absolute Gasteiger partial charge is 0.872 e. The molecule has 27 heavy (non-hydrogen) atoms. The van der Waals surface area contributed by atoms with Crippen molar-refractivity contribution in [1.82, 2.24) is 4.90 Å². The molecule has 0 aliphatic carbocycles. The molecule has 0 amide bonds. The molecular weight excluding hydrogens is 364 g/mol. The Morgan fingerprint density at radius 2 is 1.96 bits per heavy atom. The fraction of sp³-hybridized carbons (Fsp3) is 0.286. The highest BCUT2D eigenvalue weighted by Gasteiger charge is 2.31. The second-order valence-electron chi connectivity index (χ2n) is 7.11. The van der Waals surface area contributed by atoms with Crippen molar-refractivity contribution in [2.24, 2.45) is 0 Å². The molecule has 1 fully saturated rings. The average molecular weight is 385 g/mol. The number of allylic oxidation sites excluding steroid dienone is 1. The Hall–Kier alpha value is -2.34. The minimum Gasteiger partial charge on any atom is -0.872 e. The van der Waals surface area contributed by atoms with Crippen LogP contribution in [0.15, 0.2) is 42.2 Å². The number of ether oxygens (including phenoxy) is 1. The standard InChI is InChI=1S/C21H21ClN2O3/c1-23-8-10-24(11-9-23)13-16-18(25)7-6-15-20(26)19(27-21(15)16)12-14-4-2-3-5-17(14)22/h2-7,12,25H,8-11,13H2,1H3/b19-12-. The summed E-state index contributed by atoms with van der Waals surface area (Å²) in [5.74, 6) is 0.335. The van der Waals surface area contributed by atoms with E-state index in [4.69, 9.17) is 16.3 Å². The summed E-state index contributed by atoms with van der Waals surface area (Å²) in [4.78, 5) is 16.4. The number of hydrogen-bond donors (Lipinski definition) is 1. The molecule has 1 saturated heterocycles. The van der Waals surface area contributed by atoms with Crippen molar-refractivity contribution in [3.8, 4) is 11.5 Å². The van der Waals surface area contributed by atoms with Crippen molar-refractivity contribution in [2.45, 2.75) is 6.54 Å². The maximum Gasteiger partial charge on any atom is 0.231 e. The van der Waals surface area contributed by atoms with E-state index in [1.165, 1.54) is 11.0 Å². The Bertz CT molecular complexity index is 918. The van der Waals surface area contributed by atoms with Crippen LogP contribution in [0.1, 0.15) is 21.5 Å². The van der Waals surface area contributed by atoms with E-state index in [1.807, 2.05) is 18.2 Å². The van der Waals surface area contributed by atoms with Crippen LogP contribution in [0.3, 0.4) is 0 Å². The molecule has 0 spiro atoms. The van der Waals surface area contributed by atoms with Crippen LogP contribution in [0, 0.1) is 0 Å². The fourth-order valence-electron chi connectivity index (χ4n) is 3.55. The summed E-state index contributed by atoms with van der Waals surface area (Å²) in [7, 11) is 2.10. The first-order valence-corrected chi connectivity index (χ1v) is 9.44. The number of likely N-dealkylation sites (N-methyl/N-ethyl adjacent to an activating group) is 1. The predicted octanol–water partition coefficient (Wildman–Crippen LogP) is 1.36. The number of quaternary nitrogens is 1. The molecule has 140 valence electrons. The smallest absolute Gasteiger partial charge is 0.231 e. The number of halogens is 1. The molecule has 2 aliphatic heterocycles. The van der Waals surface area contributed by atoms with Crippen LogP contribution >= 0.6 is 11.6 Å². The Labute approximate surface area is 163 Å². The average Bonchev–Trinajstić information content (AvgIpc) is 2.97. The third-order valence-electron chi connectivity index (χ3n) is 5.21.